The zero-order valence-electron chi connectivity index (χ0n) is 6.81. The van der Waals surface area contributed by atoms with Gasteiger partial charge in [0.05, 0.1) is 0 Å². The molecule has 1 heterocycles. The van der Waals surface area contributed by atoms with E-state index in [2.05, 4.69) is 17.6 Å². The van der Waals surface area contributed by atoms with Crippen LogP contribution in [-0.2, 0) is 0 Å². The Morgan fingerprint density at radius 3 is 2.36 bits per heavy atom. The van der Waals surface area contributed by atoms with E-state index in [4.69, 9.17) is 0 Å². The number of amides is 2. The predicted molar refractivity (Wildman–Crippen MR) is 42.2 cm³/mol. The summed E-state index contributed by atoms with van der Waals surface area (Å²) in [6, 6.07) is -0.00446. The van der Waals surface area contributed by atoms with Crippen LogP contribution in [0.4, 0.5) is 4.79 Å². The number of carbonyl (C=O) groups is 1. The van der Waals surface area contributed by atoms with Gasteiger partial charge in [-0.05, 0) is 18.8 Å². The second-order valence-electron chi connectivity index (χ2n) is 4.05. The number of nitrogens with one attached hydrogen (secondary N) is 2. The third-order valence-electron chi connectivity index (χ3n) is 2.81. The molecule has 0 aromatic carbocycles. The van der Waals surface area contributed by atoms with Crippen LogP contribution in [-0.4, -0.2) is 19.1 Å². The average Bonchev–Trinajstić information content (AvgIpc) is 1.92. The smallest absolute Gasteiger partial charge is 0.314 e. The van der Waals surface area contributed by atoms with Gasteiger partial charge < -0.3 is 10.6 Å². The third-order valence-corrected chi connectivity index (χ3v) is 2.81. The van der Waals surface area contributed by atoms with Gasteiger partial charge in [-0.3, -0.25) is 0 Å². The average molecular weight is 154 g/mol. The van der Waals surface area contributed by atoms with E-state index < -0.39 is 0 Å². The fourth-order valence-corrected chi connectivity index (χ4v) is 2.37. The quantitative estimate of drug-likeness (QED) is 0.530. The molecule has 11 heavy (non-hydrogen) atoms. The lowest BCUT2D eigenvalue weighted by atomic mass is 9.62. The second-order valence-corrected chi connectivity index (χ2v) is 4.05. The minimum Gasteiger partial charge on any atom is -0.338 e. The van der Waals surface area contributed by atoms with Crippen molar-refractivity contribution >= 4 is 6.03 Å². The van der Waals surface area contributed by atoms with Crippen LogP contribution in [0, 0.1) is 11.3 Å². The maximum Gasteiger partial charge on any atom is 0.314 e. The van der Waals surface area contributed by atoms with Crippen molar-refractivity contribution in [3.63, 3.8) is 0 Å². The SMILES string of the molecule is CC1CC2(CNC(=O)NC2)C1. The highest BCUT2D eigenvalue weighted by atomic mass is 16.2. The summed E-state index contributed by atoms with van der Waals surface area (Å²) in [5, 5.41) is 5.69. The highest BCUT2D eigenvalue weighted by Gasteiger charge is 2.44. The Bertz CT molecular complexity index is 173. The van der Waals surface area contributed by atoms with E-state index in [0.717, 1.165) is 19.0 Å². The zero-order valence-corrected chi connectivity index (χ0v) is 6.81. The topological polar surface area (TPSA) is 41.1 Å². The molecule has 0 unspecified atom stereocenters. The van der Waals surface area contributed by atoms with Crippen molar-refractivity contribution < 1.29 is 4.79 Å². The van der Waals surface area contributed by atoms with Gasteiger partial charge in [0.2, 0.25) is 0 Å². The van der Waals surface area contributed by atoms with Gasteiger partial charge in [0, 0.05) is 18.5 Å². The molecule has 2 fully saturated rings. The first-order valence-corrected chi connectivity index (χ1v) is 4.22. The molecular weight excluding hydrogens is 140 g/mol. The van der Waals surface area contributed by atoms with E-state index in [-0.39, 0.29) is 6.03 Å². The van der Waals surface area contributed by atoms with Crippen LogP contribution in [0.1, 0.15) is 19.8 Å². The molecule has 1 spiro atoms. The molecular formula is C8H14N2O. The highest BCUT2D eigenvalue weighted by molar-refractivity contribution is 5.74. The summed E-state index contributed by atoms with van der Waals surface area (Å²) in [6.45, 7) is 4.02. The van der Waals surface area contributed by atoms with Crippen LogP contribution in [0.25, 0.3) is 0 Å². The summed E-state index contributed by atoms with van der Waals surface area (Å²) in [5.41, 5.74) is 0.410. The fourth-order valence-electron chi connectivity index (χ4n) is 2.37. The number of hydrogen-bond acceptors (Lipinski definition) is 1. The fraction of sp³-hybridized carbons (Fsp3) is 0.875. The Morgan fingerprint density at radius 1 is 1.36 bits per heavy atom. The molecule has 2 rings (SSSR count). The lowest BCUT2D eigenvalue weighted by Crippen LogP contribution is -2.59. The normalized spacial score (nSPS) is 29.0. The van der Waals surface area contributed by atoms with Crippen LogP contribution in [0.15, 0.2) is 0 Å². The maximum atomic E-state index is 10.8. The number of urea groups is 1. The molecule has 3 nitrogen and oxygen atoms in total. The Balaban J connectivity index is 1.93. The van der Waals surface area contributed by atoms with Crippen LogP contribution >= 0.6 is 0 Å². The van der Waals surface area contributed by atoms with Gasteiger partial charge in [0.25, 0.3) is 0 Å². The van der Waals surface area contributed by atoms with Crippen molar-refractivity contribution in [2.45, 2.75) is 19.8 Å². The van der Waals surface area contributed by atoms with E-state index in [0.29, 0.717) is 5.41 Å². The molecule has 0 aromatic rings. The minimum absolute atomic E-state index is 0.00446. The molecule has 0 aromatic heterocycles. The first-order valence-electron chi connectivity index (χ1n) is 4.22. The third kappa shape index (κ3) is 1.08. The van der Waals surface area contributed by atoms with E-state index in [9.17, 15) is 4.79 Å². The Labute approximate surface area is 66.5 Å². The molecule has 2 N–H and O–H groups in total. The van der Waals surface area contributed by atoms with E-state index in [1.807, 2.05) is 0 Å². The molecule has 0 radical (unpaired) electrons. The molecule has 2 amide bonds. The Morgan fingerprint density at radius 2 is 1.91 bits per heavy atom. The molecule has 3 heteroatoms. The van der Waals surface area contributed by atoms with Gasteiger partial charge >= 0.3 is 6.03 Å². The van der Waals surface area contributed by atoms with Gasteiger partial charge in [-0.1, -0.05) is 6.92 Å². The van der Waals surface area contributed by atoms with Crippen molar-refractivity contribution in [3.05, 3.63) is 0 Å². The van der Waals surface area contributed by atoms with Gasteiger partial charge in [0.15, 0.2) is 0 Å². The molecule has 1 saturated carbocycles. The summed E-state index contributed by atoms with van der Waals surface area (Å²) >= 11 is 0. The Hall–Kier alpha value is -0.730. The maximum absolute atomic E-state index is 10.8. The highest BCUT2D eigenvalue weighted by Crippen LogP contribution is 2.45. The van der Waals surface area contributed by atoms with Crippen LogP contribution in [0.3, 0.4) is 0 Å². The number of hydrogen-bond donors (Lipinski definition) is 2. The standard InChI is InChI=1S/C8H14N2O/c1-6-2-8(3-6)4-9-7(11)10-5-8/h6H,2-5H2,1H3,(H2,9,10,11). The molecule has 1 aliphatic heterocycles. The lowest BCUT2D eigenvalue weighted by molar-refractivity contribution is 0.0580. The lowest BCUT2D eigenvalue weighted by Gasteiger charge is -2.48. The molecule has 1 aliphatic carbocycles. The van der Waals surface area contributed by atoms with Crippen molar-refractivity contribution in [3.8, 4) is 0 Å². The summed E-state index contributed by atoms with van der Waals surface area (Å²) in [6.07, 6.45) is 2.53. The van der Waals surface area contributed by atoms with Crippen molar-refractivity contribution in [1.29, 1.82) is 0 Å². The molecule has 62 valence electrons. The van der Waals surface area contributed by atoms with E-state index >= 15 is 0 Å². The van der Waals surface area contributed by atoms with Gasteiger partial charge in [0.1, 0.15) is 0 Å². The van der Waals surface area contributed by atoms with Gasteiger partial charge in [-0.2, -0.15) is 0 Å². The van der Waals surface area contributed by atoms with Crippen molar-refractivity contribution in [2.75, 3.05) is 13.1 Å². The van der Waals surface area contributed by atoms with Gasteiger partial charge in [-0.15, -0.1) is 0 Å². The summed E-state index contributed by atoms with van der Waals surface area (Å²) in [7, 11) is 0. The summed E-state index contributed by atoms with van der Waals surface area (Å²) < 4.78 is 0. The molecule has 0 atom stereocenters. The summed E-state index contributed by atoms with van der Waals surface area (Å²) in [4.78, 5) is 10.8. The number of carbonyl (C=O) groups excluding carboxylic acids is 1. The Kier molecular flexibility index (Phi) is 1.34. The molecule has 2 aliphatic rings. The minimum atomic E-state index is -0.00446. The largest absolute Gasteiger partial charge is 0.338 e. The summed E-state index contributed by atoms with van der Waals surface area (Å²) in [5.74, 6) is 0.854. The van der Waals surface area contributed by atoms with Gasteiger partial charge in [-0.25, -0.2) is 4.79 Å². The first-order chi connectivity index (χ1) is 5.20. The monoisotopic (exact) mass is 154 g/mol. The molecule has 1 saturated heterocycles. The predicted octanol–water partition coefficient (Wildman–Crippen LogP) is 0.716. The van der Waals surface area contributed by atoms with E-state index in [1.54, 1.807) is 0 Å². The van der Waals surface area contributed by atoms with Crippen molar-refractivity contribution in [2.24, 2.45) is 11.3 Å². The zero-order chi connectivity index (χ0) is 7.90. The van der Waals surface area contributed by atoms with Crippen LogP contribution < -0.4 is 10.6 Å². The van der Waals surface area contributed by atoms with Crippen molar-refractivity contribution in [1.82, 2.24) is 10.6 Å². The number of rotatable bonds is 0. The second kappa shape index (κ2) is 2.13. The molecule has 0 bridgehead atoms. The van der Waals surface area contributed by atoms with E-state index in [1.165, 1.54) is 12.8 Å². The first kappa shape index (κ1) is 6.95. The van der Waals surface area contributed by atoms with Crippen LogP contribution in [0.5, 0.6) is 0 Å². The van der Waals surface area contributed by atoms with Crippen LogP contribution in [0.2, 0.25) is 0 Å².